The van der Waals surface area contributed by atoms with Gasteiger partial charge >= 0.3 is 0 Å². The number of benzene rings is 1. The lowest BCUT2D eigenvalue weighted by atomic mass is 9.84. The van der Waals surface area contributed by atoms with E-state index in [1.165, 1.54) is 4.90 Å². The van der Waals surface area contributed by atoms with Gasteiger partial charge in [-0.25, -0.2) is 4.99 Å². The van der Waals surface area contributed by atoms with Crippen molar-refractivity contribution in [1.82, 2.24) is 9.47 Å². The van der Waals surface area contributed by atoms with Crippen molar-refractivity contribution in [2.45, 2.75) is 18.5 Å². The number of nitrogens with two attached hydrogens (primary N) is 1. The molecule has 1 aromatic heterocycles. The highest BCUT2D eigenvalue weighted by atomic mass is 79.9. The quantitative estimate of drug-likeness (QED) is 0.728. The van der Waals surface area contributed by atoms with E-state index in [-0.39, 0.29) is 18.3 Å². The first-order valence-electron chi connectivity index (χ1n) is 8.05. The molecule has 8 heteroatoms. The van der Waals surface area contributed by atoms with Crippen molar-refractivity contribution in [2.24, 2.45) is 10.7 Å². The van der Waals surface area contributed by atoms with Gasteiger partial charge in [-0.05, 0) is 30.2 Å². The summed E-state index contributed by atoms with van der Waals surface area (Å²) in [7, 11) is 1.56. The summed E-state index contributed by atoms with van der Waals surface area (Å²) in [6.45, 7) is -0.155. The standard InChI is InChI=1S/C18H18BrFN4O2/c1-23-16(26)18(22-17(23)21,12-4-2-5-14(19)8-12)13-9-15(11-25)24(10-13)7-3-6-20/h2,4-5,8-11H,3,6-7H2,1H3,(H2,21,22). The third-order valence-electron chi connectivity index (χ3n) is 4.48. The molecule has 1 atom stereocenters. The van der Waals surface area contributed by atoms with Gasteiger partial charge < -0.3 is 10.3 Å². The Bertz CT molecular complexity index is 895. The summed E-state index contributed by atoms with van der Waals surface area (Å²) in [4.78, 5) is 30.3. The maximum atomic E-state index is 13.1. The van der Waals surface area contributed by atoms with Gasteiger partial charge in [0.1, 0.15) is 0 Å². The highest BCUT2D eigenvalue weighted by Crippen LogP contribution is 2.40. The summed E-state index contributed by atoms with van der Waals surface area (Å²) in [5.41, 5.74) is 6.07. The molecule has 2 heterocycles. The second kappa shape index (κ2) is 7.03. The van der Waals surface area contributed by atoms with Gasteiger partial charge in [0.25, 0.3) is 5.91 Å². The van der Waals surface area contributed by atoms with Crippen LogP contribution in [-0.2, 0) is 16.9 Å². The average Bonchev–Trinajstić information content (AvgIpc) is 3.15. The molecule has 0 saturated heterocycles. The molecule has 0 fully saturated rings. The summed E-state index contributed by atoms with van der Waals surface area (Å²) in [5, 5.41) is 0. The maximum Gasteiger partial charge on any atom is 0.266 e. The molecule has 6 nitrogen and oxygen atoms in total. The Morgan fingerprint density at radius 2 is 2.12 bits per heavy atom. The Labute approximate surface area is 158 Å². The zero-order valence-electron chi connectivity index (χ0n) is 14.2. The lowest BCUT2D eigenvalue weighted by molar-refractivity contribution is -0.129. The Kier molecular flexibility index (Phi) is 4.95. The van der Waals surface area contributed by atoms with Gasteiger partial charge in [0.15, 0.2) is 17.8 Å². The third-order valence-corrected chi connectivity index (χ3v) is 4.98. The minimum Gasteiger partial charge on any atom is -0.369 e. The van der Waals surface area contributed by atoms with Crippen LogP contribution in [0.25, 0.3) is 0 Å². The lowest BCUT2D eigenvalue weighted by Crippen LogP contribution is -2.41. The van der Waals surface area contributed by atoms with Crippen molar-refractivity contribution >= 4 is 34.1 Å². The van der Waals surface area contributed by atoms with Crippen LogP contribution in [0.3, 0.4) is 0 Å². The molecule has 2 aromatic rings. The minimum atomic E-state index is -1.37. The number of alkyl halides is 1. The van der Waals surface area contributed by atoms with E-state index in [0.29, 0.717) is 29.7 Å². The van der Waals surface area contributed by atoms with E-state index in [1.807, 2.05) is 6.07 Å². The zero-order chi connectivity index (χ0) is 18.9. The summed E-state index contributed by atoms with van der Waals surface area (Å²) >= 11 is 3.42. The van der Waals surface area contributed by atoms with E-state index in [0.717, 1.165) is 4.47 Å². The highest BCUT2D eigenvalue weighted by Gasteiger charge is 2.50. The fourth-order valence-corrected chi connectivity index (χ4v) is 3.54. The summed E-state index contributed by atoms with van der Waals surface area (Å²) in [6, 6.07) is 8.85. The highest BCUT2D eigenvalue weighted by molar-refractivity contribution is 9.10. The first kappa shape index (κ1) is 18.3. The summed E-state index contributed by atoms with van der Waals surface area (Å²) in [6.07, 6.45) is 2.64. The number of hydrogen-bond donors (Lipinski definition) is 1. The van der Waals surface area contributed by atoms with Crippen LogP contribution in [0, 0.1) is 0 Å². The normalized spacial score (nSPS) is 19.7. The third kappa shape index (κ3) is 2.84. The number of aldehydes is 1. The number of amides is 1. The molecular formula is C18H18BrFN4O2. The van der Waals surface area contributed by atoms with Crippen LogP contribution in [0.1, 0.15) is 28.0 Å². The molecule has 136 valence electrons. The smallest absolute Gasteiger partial charge is 0.266 e. The van der Waals surface area contributed by atoms with Crippen molar-refractivity contribution in [1.29, 1.82) is 0 Å². The molecule has 0 saturated carbocycles. The first-order chi connectivity index (χ1) is 12.4. The average molecular weight is 421 g/mol. The molecule has 2 N–H and O–H groups in total. The van der Waals surface area contributed by atoms with Crippen LogP contribution in [0.4, 0.5) is 4.39 Å². The first-order valence-corrected chi connectivity index (χ1v) is 8.84. The lowest BCUT2D eigenvalue weighted by Gasteiger charge is -2.25. The van der Waals surface area contributed by atoms with Crippen LogP contribution in [0.5, 0.6) is 0 Å². The van der Waals surface area contributed by atoms with Gasteiger partial charge in [-0.1, -0.05) is 28.1 Å². The predicted octanol–water partition coefficient (Wildman–Crippen LogP) is 2.45. The predicted molar refractivity (Wildman–Crippen MR) is 99.7 cm³/mol. The van der Waals surface area contributed by atoms with Gasteiger partial charge in [-0.15, -0.1) is 0 Å². The number of halogens is 2. The van der Waals surface area contributed by atoms with Crippen LogP contribution in [0.2, 0.25) is 0 Å². The van der Waals surface area contributed by atoms with Crippen LogP contribution < -0.4 is 5.73 Å². The minimum absolute atomic E-state index is 0.0964. The molecule has 1 aliphatic heterocycles. The van der Waals surface area contributed by atoms with E-state index < -0.39 is 12.2 Å². The number of aliphatic imine (C=N–C) groups is 1. The number of carbonyl (C=O) groups excluding carboxylic acids is 2. The van der Waals surface area contributed by atoms with E-state index in [1.54, 1.807) is 42.1 Å². The number of hydrogen-bond acceptors (Lipinski definition) is 4. The van der Waals surface area contributed by atoms with Gasteiger partial charge in [0.2, 0.25) is 0 Å². The molecule has 26 heavy (non-hydrogen) atoms. The van der Waals surface area contributed by atoms with Crippen LogP contribution in [-0.4, -0.2) is 41.3 Å². The molecule has 1 amide bonds. The van der Waals surface area contributed by atoms with Crippen molar-refractivity contribution in [3.63, 3.8) is 0 Å². The number of aryl methyl sites for hydroxylation is 1. The van der Waals surface area contributed by atoms with E-state index in [2.05, 4.69) is 20.9 Å². The fourth-order valence-electron chi connectivity index (χ4n) is 3.14. The van der Waals surface area contributed by atoms with Crippen molar-refractivity contribution in [2.75, 3.05) is 13.7 Å². The van der Waals surface area contributed by atoms with E-state index in [9.17, 15) is 14.0 Å². The van der Waals surface area contributed by atoms with Gasteiger partial charge in [-0.3, -0.25) is 18.9 Å². The molecule has 3 rings (SSSR count). The van der Waals surface area contributed by atoms with Crippen molar-refractivity contribution in [3.8, 4) is 0 Å². The Balaban J connectivity index is 2.22. The van der Waals surface area contributed by atoms with Gasteiger partial charge in [-0.2, -0.15) is 0 Å². The summed E-state index contributed by atoms with van der Waals surface area (Å²) < 4.78 is 15.0. The second-order valence-corrected chi connectivity index (χ2v) is 6.98. The number of aromatic nitrogens is 1. The maximum absolute atomic E-state index is 13.1. The zero-order valence-corrected chi connectivity index (χ0v) is 15.7. The number of guanidine groups is 1. The molecule has 0 bridgehead atoms. The van der Waals surface area contributed by atoms with Crippen molar-refractivity contribution in [3.05, 3.63) is 57.8 Å². The van der Waals surface area contributed by atoms with E-state index >= 15 is 0 Å². The van der Waals surface area contributed by atoms with Gasteiger partial charge in [0, 0.05) is 29.8 Å². The topological polar surface area (TPSA) is 80.7 Å². The molecule has 1 aromatic carbocycles. The van der Waals surface area contributed by atoms with Gasteiger partial charge in [0.05, 0.1) is 12.4 Å². The molecular weight excluding hydrogens is 403 g/mol. The number of likely N-dealkylation sites (N-methyl/N-ethyl adjacent to an activating group) is 1. The molecule has 1 unspecified atom stereocenters. The molecule has 0 radical (unpaired) electrons. The van der Waals surface area contributed by atoms with Crippen molar-refractivity contribution < 1.29 is 14.0 Å². The number of rotatable bonds is 6. The largest absolute Gasteiger partial charge is 0.369 e. The Morgan fingerprint density at radius 1 is 1.35 bits per heavy atom. The fraction of sp³-hybridized carbons (Fsp3) is 0.278. The molecule has 1 aliphatic rings. The number of nitrogens with zero attached hydrogens (tertiary/aromatic N) is 3. The van der Waals surface area contributed by atoms with Crippen LogP contribution >= 0.6 is 15.9 Å². The number of carbonyl (C=O) groups is 2. The Morgan fingerprint density at radius 3 is 2.69 bits per heavy atom. The monoisotopic (exact) mass is 420 g/mol. The Hall–Kier alpha value is -2.48. The second-order valence-electron chi connectivity index (χ2n) is 6.06. The van der Waals surface area contributed by atoms with E-state index in [4.69, 9.17) is 5.73 Å². The SMILES string of the molecule is CN1C(=O)C(c2cccc(Br)c2)(c2cc(C=O)n(CCCF)c2)N=C1N. The summed E-state index contributed by atoms with van der Waals surface area (Å²) in [5.74, 6) is -0.215. The molecule has 0 spiro atoms. The van der Waals surface area contributed by atoms with Crippen LogP contribution in [0.15, 0.2) is 46.0 Å². The molecule has 0 aliphatic carbocycles.